The summed E-state index contributed by atoms with van der Waals surface area (Å²) in [6.45, 7) is 5.68. The van der Waals surface area contributed by atoms with Crippen LogP contribution in [0.2, 0.25) is 0 Å². The fourth-order valence-corrected chi connectivity index (χ4v) is 3.27. The molecule has 1 amide bonds. The first-order chi connectivity index (χ1) is 12.0. The lowest BCUT2D eigenvalue weighted by Crippen LogP contribution is -2.59. The van der Waals surface area contributed by atoms with Crippen LogP contribution in [0.3, 0.4) is 0 Å². The highest BCUT2D eigenvalue weighted by Gasteiger charge is 2.48. The summed E-state index contributed by atoms with van der Waals surface area (Å²) in [6, 6.07) is 3.13. The summed E-state index contributed by atoms with van der Waals surface area (Å²) in [4.78, 5) is 22.8. The number of hydrogen-bond donors (Lipinski definition) is 2. The topological polar surface area (TPSA) is 67.4 Å². The van der Waals surface area contributed by atoms with Gasteiger partial charge < -0.3 is 15.4 Å². The molecule has 0 aromatic heterocycles. The van der Waals surface area contributed by atoms with Crippen LogP contribution < -0.4 is 10.6 Å². The van der Waals surface area contributed by atoms with Crippen molar-refractivity contribution in [1.29, 1.82) is 0 Å². The van der Waals surface area contributed by atoms with Crippen molar-refractivity contribution in [3.8, 4) is 0 Å². The predicted octanol–water partition coefficient (Wildman–Crippen LogP) is 3.45. The molecule has 1 aromatic carbocycles. The van der Waals surface area contributed by atoms with E-state index in [0.29, 0.717) is 13.0 Å². The van der Waals surface area contributed by atoms with E-state index in [2.05, 4.69) is 15.4 Å². The maximum Gasteiger partial charge on any atom is 0.418 e. The molecule has 2 N–H and O–H groups in total. The monoisotopic (exact) mass is 372 g/mol. The lowest BCUT2D eigenvalue weighted by molar-refractivity contribution is -0.137. The molecular weight excluding hydrogens is 349 g/mol. The number of rotatable bonds is 5. The Hall–Kier alpha value is -2.25. The number of carbonyl (C=O) groups excluding carboxylic acids is 2. The van der Waals surface area contributed by atoms with E-state index < -0.39 is 17.7 Å². The minimum absolute atomic E-state index is 0.00436. The SMILES string of the molecule is COC(=O)c1ccc(C(F)(F)F)c(NC[C@@H]2C[C@H](NC(C)=O)C2(C)C)c1. The summed E-state index contributed by atoms with van der Waals surface area (Å²) in [5.74, 6) is -0.738. The van der Waals surface area contributed by atoms with Crippen LogP contribution in [-0.2, 0) is 15.7 Å². The number of esters is 1. The smallest absolute Gasteiger partial charge is 0.418 e. The van der Waals surface area contributed by atoms with Gasteiger partial charge in [0.2, 0.25) is 5.91 Å². The maximum absolute atomic E-state index is 13.2. The van der Waals surface area contributed by atoms with Gasteiger partial charge in [0, 0.05) is 25.2 Å². The molecule has 2 atom stereocenters. The highest BCUT2D eigenvalue weighted by Crippen LogP contribution is 2.46. The van der Waals surface area contributed by atoms with E-state index in [1.165, 1.54) is 14.0 Å². The summed E-state index contributed by atoms with van der Waals surface area (Å²) in [6.07, 6.45) is -3.86. The first-order valence-corrected chi connectivity index (χ1v) is 8.27. The average molecular weight is 372 g/mol. The molecule has 0 aliphatic heterocycles. The number of carbonyl (C=O) groups is 2. The Labute approximate surface area is 150 Å². The largest absolute Gasteiger partial charge is 0.465 e. The lowest BCUT2D eigenvalue weighted by Gasteiger charge is -2.52. The van der Waals surface area contributed by atoms with Gasteiger partial charge >= 0.3 is 12.1 Å². The summed E-state index contributed by atoms with van der Waals surface area (Å²) in [7, 11) is 1.17. The van der Waals surface area contributed by atoms with Crippen molar-refractivity contribution < 1.29 is 27.5 Å². The van der Waals surface area contributed by atoms with Crippen molar-refractivity contribution >= 4 is 17.6 Å². The molecule has 1 aromatic rings. The van der Waals surface area contributed by atoms with Crippen molar-refractivity contribution in [2.75, 3.05) is 19.0 Å². The highest BCUT2D eigenvalue weighted by molar-refractivity contribution is 5.90. The molecule has 144 valence electrons. The fourth-order valence-electron chi connectivity index (χ4n) is 3.27. The van der Waals surface area contributed by atoms with Crippen molar-refractivity contribution in [2.24, 2.45) is 11.3 Å². The molecule has 1 aliphatic rings. The summed E-state index contributed by atoms with van der Waals surface area (Å²) in [5.41, 5.74) is -1.18. The molecule has 1 fully saturated rings. The second-order valence-corrected chi connectivity index (χ2v) is 7.14. The van der Waals surface area contributed by atoms with Crippen LogP contribution in [-0.4, -0.2) is 31.6 Å². The molecule has 0 saturated heterocycles. The van der Waals surface area contributed by atoms with Crippen LogP contribution in [0.5, 0.6) is 0 Å². The van der Waals surface area contributed by atoms with E-state index in [9.17, 15) is 22.8 Å². The highest BCUT2D eigenvalue weighted by atomic mass is 19.4. The van der Waals surface area contributed by atoms with Gasteiger partial charge in [-0.15, -0.1) is 0 Å². The first-order valence-electron chi connectivity index (χ1n) is 8.27. The third-order valence-corrected chi connectivity index (χ3v) is 5.13. The van der Waals surface area contributed by atoms with E-state index >= 15 is 0 Å². The number of hydrogen-bond acceptors (Lipinski definition) is 4. The van der Waals surface area contributed by atoms with Gasteiger partial charge in [-0.2, -0.15) is 13.2 Å². The number of halogens is 3. The molecule has 8 heteroatoms. The summed E-state index contributed by atoms with van der Waals surface area (Å²) < 4.78 is 44.3. The molecule has 1 saturated carbocycles. The fraction of sp³-hybridized carbons (Fsp3) is 0.556. The minimum Gasteiger partial charge on any atom is -0.465 e. The van der Waals surface area contributed by atoms with Gasteiger partial charge in [-0.05, 0) is 36.0 Å². The van der Waals surface area contributed by atoms with E-state index in [0.717, 1.165) is 18.2 Å². The van der Waals surface area contributed by atoms with Crippen molar-refractivity contribution in [3.63, 3.8) is 0 Å². The molecule has 1 aliphatic carbocycles. The van der Waals surface area contributed by atoms with Crippen LogP contribution in [0.15, 0.2) is 18.2 Å². The zero-order valence-electron chi connectivity index (χ0n) is 15.2. The lowest BCUT2D eigenvalue weighted by atomic mass is 9.58. The van der Waals surface area contributed by atoms with Crippen LogP contribution >= 0.6 is 0 Å². The second kappa shape index (κ2) is 7.17. The number of anilines is 1. The molecule has 0 bridgehead atoms. The Kier molecular flexibility index (Phi) is 5.53. The van der Waals surface area contributed by atoms with Gasteiger partial charge in [0.15, 0.2) is 0 Å². The number of benzene rings is 1. The van der Waals surface area contributed by atoms with Gasteiger partial charge in [0.05, 0.1) is 18.2 Å². The van der Waals surface area contributed by atoms with Crippen molar-refractivity contribution in [1.82, 2.24) is 5.32 Å². The molecule has 0 unspecified atom stereocenters. The van der Waals surface area contributed by atoms with Crippen LogP contribution in [0, 0.1) is 11.3 Å². The second-order valence-electron chi connectivity index (χ2n) is 7.14. The van der Waals surface area contributed by atoms with Crippen molar-refractivity contribution in [2.45, 2.75) is 39.4 Å². The Morgan fingerprint density at radius 1 is 1.31 bits per heavy atom. The zero-order chi connectivity index (χ0) is 19.7. The number of amides is 1. The number of methoxy groups -OCH3 is 1. The van der Waals surface area contributed by atoms with Gasteiger partial charge in [0.25, 0.3) is 0 Å². The third kappa shape index (κ3) is 4.11. The van der Waals surface area contributed by atoms with Gasteiger partial charge in [-0.1, -0.05) is 13.8 Å². The Bertz CT molecular complexity index is 701. The average Bonchev–Trinajstić information content (AvgIpc) is 2.55. The third-order valence-electron chi connectivity index (χ3n) is 5.13. The van der Waals surface area contributed by atoms with Gasteiger partial charge in [-0.25, -0.2) is 4.79 Å². The van der Waals surface area contributed by atoms with E-state index in [1.807, 2.05) is 13.8 Å². The number of nitrogens with one attached hydrogen (secondary N) is 2. The van der Waals surface area contributed by atoms with Crippen LogP contribution in [0.25, 0.3) is 0 Å². The molecule has 26 heavy (non-hydrogen) atoms. The minimum atomic E-state index is -4.54. The predicted molar refractivity (Wildman–Crippen MR) is 90.8 cm³/mol. The maximum atomic E-state index is 13.2. The molecule has 5 nitrogen and oxygen atoms in total. The van der Waals surface area contributed by atoms with Crippen LogP contribution in [0.4, 0.5) is 18.9 Å². The molecule has 0 radical (unpaired) electrons. The Morgan fingerprint density at radius 2 is 1.96 bits per heavy atom. The summed E-state index contributed by atoms with van der Waals surface area (Å²) in [5, 5.41) is 5.69. The van der Waals surface area contributed by atoms with E-state index in [-0.39, 0.29) is 34.5 Å². The molecule has 0 heterocycles. The molecule has 2 rings (SSSR count). The summed E-state index contributed by atoms with van der Waals surface area (Å²) >= 11 is 0. The van der Waals surface area contributed by atoms with Crippen molar-refractivity contribution in [3.05, 3.63) is 29.3 Å². The van der Waals surface area contributed by atoms with E-state index in [4.69, 9.17) is 0 Å². The quantitative estimate of drug-likeness (QED) is 0.777. The first kappa shape index (κ1) is 20.1. The van der Waals surface area contributed by atoms with Gasteiger partial charge in [-0.3, -0.25) is 4.79 Å². The van der Waals surface area contributed by atoms with Gasteiger partial charge in [0.1, 0.15) is 0 Å². The molecular formula is C18H23F3N2O3. The molecule has 0 spiro atoms. The van der Waals surface area contributed by atoms with Crippen LogP contribution in [0.1, 0.15) is 43.1 Å². The number of ether oxygens (including phenoxy) is 1. The zero-order valence-corrected chi connectivity index (χ0v) is 15.2. The Balaban J connectivity index is 2.15. The standard InChI is InChI=1S/C18H23F3N2O3/c1-10(24)23-15-8-12(17(15,2)3)9-22-14-7-11(16(25)26-4)5-6-13(14)18(19,20)21/h5-7,12,15,22H,8-9H2,1-4H3,(H,23,24)/t12-,15-/m0/s1. The van der Waals surface area contributed by atoms with E-state index in [1.54, 1.807) is 0 Å². The Morgan fingerprint density at radius 3 is 2.46 bits per heavy atom. The number of alkyl halides is 3. The normalized spacial score (nSPS) is 21.5.